The molecule has 0 saturated heterocycles. The Bertz CT molecular complexity index is 1250. The minimum atomic E-state index is -4.47. The van der Waals surface area contributed by atoms with E-state index in [9.17, 15) is 36.3 Å². The number of nitrogens with zero attached hydrogens (tertiary/aromatic N) is 3. The van der Waals surface area contributed by atoms with Crippen LogP contribution >= 0.6 is 11.6 Å². The lowest BCUT2D eigenvalue weighted by Gasteiger charge is -2.18. The molecule has 38 heavy (non-hydrogen) atoms. The van der Waals surface area contributed by atoms with Gasteiger partial charge in [0, 0.05) is 19.1 Å². The number of halogens is 6. The van der Waals surface area contributed by atoms with E-state index in [1.165, 1.54) is 40.7 Å². The molecule has 3 amide bonds. The van der Waals surface area contributed by atoms with Crippen molar-refractivity contribution in [2.24, 2.45) is 0 Å². The monoisotopic (exact) mass is 559 g/mol. The molecule has 14 heteroatoms. The Labute approximate surface area is 219 Å². The van der Waals surface area contributed by atoms with Gasteiger partial charge >= 0.3 is 6.18 Å². The molecule has 2 N–H and O–H groups in total. The van der Waals surface area contributed by atoms with Gasteiger partial charge in [-0.2, -0.15) is 13.2 Å². The molecule has 0 saturated carbocycles. The van der Waals surface area contributed by atoms with Gasteiger partial charge in [-0.15, -0.1) is 0 Å². The van der Waals surface area contributed by atoms with Crippen LogP contribution < -0.4 is 10.6 Å². The second-order valence-electron chi connectivity index (χ2n) is 8.01. The largest absolute Gasteiger partial charge is 0.416 e. The van der Waals surface area contributed by atoms with Gasteiger partial charge in [-0.05, 0) is 55.0 Å². The van der Waals surface area contributed by atoms with Crippen LogP contribution in [0.4, 0.5) is 27.8 Å². The normalized spacial score (nSPS) is 12.1. The van der Waals surface area contributed by atoms with Crippen LogP contribution in [-0.2, 0) is 28.9 Å². The molecular weight excluding hydrogens is 537 g/mol. The number of aromatic nitrogens is 2. The van der Waals surface area contributed by atoms with Crippen LogP contribution in [0.3, 0.4) is 0 Å². The van der Waals surface area contributed by atoms with Crippen molar-refractivity contribution in [1.29, 1.82) is 0 Å². The first-order valence-corrected chi connectivity index (χ1v) is 11.1. The van der Waals surface area contributed by atoms with E-state index in [2.05, 4.69) is 15.6 Å². The van der Waals surface area contributed by atoms with Gasteiger partial charge in [-0.3, -0.25) is 14.4 Å². The van der Waals surface area contributed by atoms with Gasteiger partial charge < -0.3 is 20.1 Å². The molecule has 0 unspecified atom stereocenters. The van der Waals surface area contributed by atoms with Crippen molar-refractivity contribution in [3.05, 3.63) is 81.8 Å². The summed E-state index contributed by atoms with van der Waals surface area (Å²) < 4.78 is 62.0. The summed E-state index contributed by atoms with van der Waals surface area (Å²) in [6.45, 7) is 1.68. The fourth-order valence-corrected chi connectivity index (χ4v) is 3.21. The summed E-state index contributed by atoms with van der Waals surface area (Å²) in [7, 11) is 3.19. The average Bonchev–Trinajstić information content (AvgIpc) is 3.17. The molecule has 204 valence electrons. The van der Waals surface area contributed by atoms with Gasteiger partial charge in [0.1, 0.15) is 18.2 Å². The highest BCUT2D eigenvalue weighted by atomic mass is 35.5. The van der Waals surface area contributed by atoms with Gasteiger partial charge in [-0.1, -0.05) is 11.6 Å². The molecule has 0 spiro atoms. The Balaban J connectivity index is 0.000000218. The Morgan fingerprint density at radius 1 is 1.13 bits per heavy atom. The first-order valence-electron chi connectivity index (χ1n) is 10.8. The molecule has 4 rings (SSSR count). The number of imidazole rings is 1. The number of hydrogen-bond acceptors (Lipinski definition) is 4. The molecule has 2 aromatic carbocycles. The van der Waals surface area contributed by atoms with Crippen molar-refractivity contribution in [3.63, 3.8) is 0 Å². The van der Waals surface area contributed by atoms with Crippen LogP contribution in [0.1, 0.15) is 27.4 Å². The topological polar surface area (TPSA) is 96.3 Å². The zero-order valence-corrected chi connectivity index (χ0v) is 21.1. The molecule has 1 aliphatic heterocycles. The second-order valence-corrected chi connectivity index (χ2v) is 8.44. The maximum Gasteiger partial charge on any atom is 0.416 e. The maximum atomic E-state index is 12.5. The standard InChI is InChI=1S/C10H13N5O3.C8H6F4.C6H4ClF/c1-14(2)10(18)9-13-8(12-5-16)6-3-11-7(17)4-15(6)9;1-5-2-6(8(10,11)12)4-7(9)3-5;7-5-1-3-6(8)4-2-5/h5H,3-4H2,1-2H3,(H,11,17)(H,12,16);2-4H,1H3;1-4H. The van der Waals surface area contributed by atoms with Crippen LogP contribution in [0, 0.1) is 18.6 Å². The average molecular weight is 560 g/mol. The first kappa shape index (κ1) is 30.2. The van der Waals surface area contributed by atoms with E-state index in [-0.39, 0.29) is 42.1 Å². The van der Waals surface area contributed by atoms with Gasteiger partial charge in [0.25, 0.3) is 5.91 Å². The van der Waals surface area contributed by atoms with Gasteiger partial charge in [0.2, 0.25) is 18.1 Å². The molecule has 2 heterocycles. The van der Waals surface area contributed by atoms with E-state index >= 15 is 0 Å². The predicted octanol–water partition coefficient (Wildman–Crippen LogP) is 4.42. The number of nitrogens with one attached hydrogen (secondary N) is 2. The van der Waals surface area contributed by atoms with Crippen LogP contribution in [0.15, 0.2) is 42.5 Å². The van der Waals surface area contributed by atoms with E-state index in [4.69, 9.17) is 11.6 Å². The number of benzene rings is 2. The van der Waals surface area contributed by atoms with Crippen LogP contribution in [0.25, 0.3) is 0 Å². The molecule has 0 radical (unpaired) electrons. The summed E-state index contributed by atoms with van der Waals surface area (Å²) in [5.41, 5.74) is -0.0609. The predicted molar refractivity (Wildman–Crippen MR) is 129 cm³/mol. The van der Waals surface area contributed by atoms with E-state index in [1.54, 1.807) is 14.1 Å². The quantitative estimate of drug-likeness (QED) is 0.367. The lowest BCUT2D eigenvalue weighted by molar-refractivity contribution is -0.137. The van der Waals surface area contributed by atoms with Crippen molar-refractivity contribution < 1.29 is 36.3 Å². The Hall–Kier alpha value is -4.00. The number of fused-ring (bicyclic) bond motifs is 1. The van der Waals surface area contributed by atoms with Crippen molar-refractivity contribution >= 4 is 35.6 Å². The molecule has 0 bridgehead atoms. The first-order chi connectivity index (χ1) is 17.7. The lowest BCUT2D eigenvalue weighted by atomic mass is 10.1. The van der Waals surface area contributed by atoms with Crippen LogP contribution in [0.5, 0.6) is 0 Å². The number of anilines is 1. The smallest absolute Gasteiger partial charge is 0.349 e. The Morgan fingerprint density at radius 3 is 2.26 bits per heavy atom. The third kappa shape index (κ3) is 8.54. The Kier molecular flexibility index (Phi) is 10.3. The van der Waals surface area contributed by atoms with E-state index in [1.807, 2.05) is 0 Å². The molecule has 1 aliphatic rings. The minimum Gasteiger partial charge on any atom is -0.349 e. The number of aryl methyl sites for hydroxylation is 1. The zero-order valence-electron chi connectivity index (χ0n) is 20.4. The summed E-state index contributed by atoms with van der Waals surface area (Å²) in [4.78, 5) is 39.2. The number of rotatable bonds is 3. The highest BCUT2D eigenvalue weighted by molar-refractivity contribution is 6.30. The van der Waals surface area contributed by atoms with Crippen molar-refractivity contribution in [1.82, 2.24) is 19.8 Å². The highest BCUT2D eigenvalue weighted by Crippen LogP contribution is 2.30. The second kappa shape index (κ2) is 13.0. The lowest BCUT2D eigenvalue weighted by Crippen LogP contribution is -2.36. The SMILES string of the molecule is CN(C)C(=O)c1nc(NC=O)c2n1CC(=O)NC2.Cc1cc(F)cc(C(F)(F)F)c1.Fc1ccc(Cl)cc1. The highest BCUT2D eigenvalue weighted by Gasteiger charge is 2.31. The van der Waals surface area contributed by atoms with Gasteiger partial charge in [0.15, 0.2) is 5.82 Å². The maximum absolute atomic E-state index is 12.5. The van der Waals surface area contributed by atoms with E-state index in [0.717, 1.165) is 12.1 Å². The fraction of sp³-hybridized carbons (Fsp3) is 0.250. The van der Waals surface area contributed by atoms with Gasteiger partial charge in [0.05, 0.1) is 17.8 Å². The van der Waals surface area contributed by atoms with Crippen LogP contribution in [0.2, 0.25) is 5.02 Å². The van der Waals surface area contributed by atoms with Crippen LogP contribution in [-0.4, -0.2) is 46.8 Å². The number of hydrogen-bond donors (Lipinski definition) is 2. The molecule has 3 aromatic rings. The third-order valence-electron chi connectivity index (χ3n) is 4.79. The molecular formula is C24H23ClF5N5O3. The fourth-order valence-electron chi connectivity index (χ4n) is 3.08. The zero-order chi connectivity index (χ0) is 28.6. The minimum absolute atomic E-state index is 0.0256. The van der Waals surface area contributed by atoms with E-state index < -0.39 is 17.6 Å². The molecule has 0 atom stereocenters. The summed E-state index contributed by atoms with van der Waals surface area (Å²) in [5.74, 6) is -1.17. The number of carbonyl (C=O) groups is 3. The third-order valence-corrected chi connectivity index (χ3v) is 5.05. The van der Waals surface area contributed by atoms with E-state index in [0.29, 0.717) is 29.0 Å². The van der Waals surface area contributed by atoms with Gasteiger partial charge in [-0.25, -0.2) is 13.8 Å². The summed E-state index contributed by atoms with van der Waals surface area (Å²) in [5, 5.41) is 5.63. The van der Waals surface area contributed by atoms with Crippen molar-refractivity contribution in [2.45, 2.75) is 26.2 Å². The molecule has 1 aromatic heterocycles. The summed E-state index contributed by atoms with van der Waals surface area (Å²) >= 11 is 5.44. The number of amides is 3. The van der Waals surface area contributed by atoms with Crippen molar-refractivity contribution in [3.8, 4) is 0 Å². The number of alkyl halides is 3. The molecule has 0 aliphatic carbocycles. The number of carbonyl (C=O) groups excluding carboxylic acids is 3. The summed E-state index contributed by atoms with van der Waals surface area (Å²) in [6, 6.07) is 8.10. The Morgan fingerprint density at radius 2 is 1.76 bits per heavy atom. The molecule has 8 nitrogen and oxygen atoms in total. The van der Waals surface area contributed by atoms with Crippen molar-refractivity contribution in [2.75, 3.05) is 19.4 Å². The summed E-state index contributed by atoms with van der Waals surface area (Å²) in [6.07, 6.45) is -3.98. The molecule has 0 fully saturated rings.